The molecule has 0 saturated heterocycles. The minimum atomic E-state index is -0.523. The molecule has 3 nitrogen and oxygen atoms in total. The van der Waals surface area contributed by atoms with Crippen molar-refractivity contribution >= 4 is 33.0 Å². The highest BCUT2D eigenvalue weighted by molar-refractivity contribution is 6.08. The Labute approximate surface area is 186 Å². The van der Waals surface area contributed by atoms with E-state index in [0.29, 0.717) is 5.71 Å². The van der Waals surface area contributed by atoms with Crippen LogP contribution in [0.1, 0.15) is 36.8 Å². The summed E-state index contributed by atoms with van der Waals surface area (Å²) in [6, 6.07) is 18.4. The van der Waals surface area contributed by atoms with Gasteiger partial charge in [0.2, 0.25) is 22.9 Å². The Morgan fingerprint density at radius 2 is 1.78 bits per heavy atom. The van der Waals surface area contributed by atoms with E-state index in [1.807, 2.05) is 0 Å². The molecule has 4 heteroatoms. The molecule has 1 saturated carbocycles. The first-order chi connectivity index (χ1) is 15.6. The number of pyridine rings is 2. The summed E-state index contributed by atoms with van der Waals surface area (Å²) in [7, 11) is 2.12. The first kappa shape index (κ1) is 19.4. The molecule has 1 fully saturated rings. The molecule has 0 unspecified atom stereocenters. The molecule has 1 aliphatic rings. The number of para-hydroxylation sites is 1. The van der Waals surface area contributed by atoms with Crippen LogP contribution >= 0.6 is 0 Å². The summed E-state index contributed by atoms with van der Waals surface area (Å²) < 4.78 is 22.2. The van der Waals surface area contributed by atoms with Crippen molar-refractivity contribution in [2.45, 2.75) is 39.0 Å². The molecule has 3 heterocycles. The Balaban J connectivity index is 1.65. The van der Waals surface area contributed by atoms with Crippen LogP contribution in [0, 0.1) is 18.8 Å². The molecular weight excluding hydrogens is 399 g/mol. The summed E-state index contributed by atoms with van der Waals surface area (Å²) in [5, 5.41) is 3.14. The summed E-state index contributed by atoms with van der Waals surface area (Å²) in [6.07, 6.45) is 6.44. The van der Waals surface area contributed by atoms with E-state index in [1.54, 1.807) is 6.07 Å². The van der Waals surface area contributed by atoms with Gasteiger partial charge in [-0.25, -0.2) is 0 Å². The van der Waals surface area contributed by atoms with Crippen LogP contribution in [-0.4, -0.2) is 4.98 Å². The van der Waals surface area contributed by atoms with Crippen LogP contribution in [0.25, 0.3) is 44.2 Å². The largest absolute Gasteiger partial charge is 0.437 e. The van der Waals surface area contributed by atoms with Gasteiger partial charge in [-0.15, -0.1) is 0 Å². The van der Waals surface area contributed by atoms with Gasteiger partial charge in [0.05, 0.1) is 5.56 Å². The third-order valence-electron chi connectivity index (χ3n) is 7.20. The zero-order chi connectivity index (χ0) is 21.8. The summed E-state index contributed by atoms with van der Waals surface area (Å²) >= 11 is 0. The summed E-state index contributed by atoms with van der Waals surface area (Å²) in [5.74, 6) is 0.235. The number of aromatic nitrogens is 2. The van der Waals surface area contributed by atoms with Crippen LogP contribution in [0.15, 0.2) is 59.0 Å². The van der Waals surface area contributed by atoms with Gasteiger partial charge in [0.1, 0.15) is 7.05 Å². The van der Waals surface area contributed by atoms with Crippen molar-refractivity contribution < 1.29 is 13.4 Å². The van der Waals surface area contributed by atoms with Gasteiger partial charge in [0.15, 0.2) is 5.58 Å². The maximum atomic E-state index is 13.8. The molecule has 0 N–H and O–H groups in total. The van der Waals surface area contributed by atoms with E-state index in [2.05, 4.69) is 66.0 Å². The molecule has 2 aromatic carbocycles. The van der Waals surface area contributed by atoms with Crippen molar-refractivity contribution in [2.24, 2.45) is 13.0 Å². The SMILES string of the molecule is Cc1ccc2c(oc3nc(F)ccc32)c1-c1cc(CC2CCCC2)c2ccccc2[n+]1C. The lowest BCUT2D eigenvalue weighted by molar-refractivity contribution is -0.633. The molecule has 3 aromatic heterocycles. The zero-order valence-electron chi connectivity index (χ0n) is 18.5. The van der Waals surface area contributed by atoms with E-state index in [-0.39, 0.29) is 0 Å². The lowest BCUT2D eigenvalue weighted by Crippen LogP contribution is -2.33. The standard InChI is InChI=1S/C28H26FN2O/c1-17-11-12-21-22-13-14-25(29)30-28(22)32-27(21)26(17)24-16-19(15-18-7-3-4-8-18)20-9-5-6-10-23(20)31(24)2/h5-6,9-14,16,18H,3-4,7-8,15H2,1-2H3/q+1. The lowest BCUT2D eigenvalue weighted by Gasteiger charge is -2.14. The zero-order valence-corrected chi connectivity index (χ0v) is 18.5. The molecule has 1 aliphatic carbocycles. The van der Waals surface area contributed by atoms with E-state index in [4.69, 9.17) is 4.42 Å². The lowest BCUT2D eigenvalue weighted by atomic mass is 9.92. The minimum absolute atomic E-state index is 0.349. The molecule has 0 aliphatic heterocycles. The molecule has 6 rings (SSSR count). The van der Waals surface area contributed by atoms with Gasteiger partial charge in [0.25, 0.3) is 0 Å². The van der Waals surface area contributed by atoms with E-state index in [1.165, 1.54) is 48.2 Å². The van der Waals surface area contributed by atoms with Crippen molar-refractivity contribution in [3.63, 3.8) is 0 Å². The fourth-order valence-corrected chi connectivity index (χ4v) is 5.56. The second-order valence-corrected chi connectivity index (χ2v) is 9.21. The Hall–Kier alpha value is -3.27. The molecular formula is C28H26FN2O+. The highest BCUT2D eigenvalue weighted by Gasteiger charge is 2.26. The highest BCUT2D eigenvalue weighted by Crippen LogP contribution is 2.38. The van der Waals surface area contributed by atoms with Crippen LogP contribution in [0.3, 0.4) is 0 Å². The normalized spacial score (nSPS) is 14.8. The number of furan rings is 1. The molecule has 0 atom stereocenters. The average Bonchev–Trinajstić information content (AvgIpc) is 3.43. The van der Waals surface area contributed by atoms with Gasteiger partial charge < -0.3 is 4.42 Å². The van der Waals surface area contributed by atoms with Gasteiger partial charge in [0, 0.05) is 28.3 Å². The smallest absolute Gasteiger partial charge is 0.229 e. The van der Waals surface area contributed by atoms with E-state index < -0.39 is 5.95 Å². The molecule has 0 radical (unpaired) electrons. The fourth-order valence-electron chi connectivity index (χ4n) is 5.56. The van der Waals surface area contributed by atoms with Gasteiger partial charge in [-0.1, -0.05) is 49.9 Å². The molecule has 160 valence electrons. The second-order valence-electron chi connectivity index (χ2n) is 9.21. The van der Waals surface area contributed by atoms with Crippen molar-refractivity contribution in [2.75, 3.05) is 0 Å². The quantitative estimate of drug-likeness (QED) is 0.235. The molecule has 0 amide bonds. The highest BCUT2D eigenvalue weighted by atomic mass is 19.1. The van der Waals surface area contributed by atoms with E-state index in [0.717, 1.165) is 45.5 Å². The molecule has 5 aromatic rings. The number of aryl methyl sites for hydroxylation is 2. The number of rotatable bonds is 3. The first-order valence-electron chi connectivity index (χ1n) is 11.5. The van der Waals surface area contributed by atoms with Crippen LogP contribution in [0.4, 0.5) is 4.39 Å². The number of fused-ring (bicyclic) bond motifs is 4. The third-order valence-corrected chi connectivity index (χ3v) is 7.20. The Morgan fingerprint density at radius 3 is 2.62 bits per heavy atom. The van der Waals surface area contributed by atoms with Crippen LogP contribution in [0.2, 0.25) is 0 Å². The number of hydrogen-bond acceptors (Lipinski definition) is 2. The summed E-state index contributed by atoms with van der Waals surface area (Å²) in [4.78, 5) is 4.00. The summed E-state index contributed by atoms with van der Waals surface area (Å²) in [5.41, 5.74) is 7.06. The minimum Gasteiger partial charge on any atom is -0.437 e. The fraction of sp³-hybridized carbons (Fsp3) is 0.286. The maximum absolute atomic E-state index is 13.8. The summed E-state index contributed by atoms with van der Waals surface area (Å²) in [6.45, 7) is 2.11. The van der Waals surface area contributed by atoms with Crippen molar-refractivity contribution in [1.82, 2.24) is 4.98 Å². The van der Waals surface area contributed by atoms with Crippen LogP contribution < -0.4 is 4.57 Å². The first-order valence-corrected chi connectivity index (χ1v) is 11.5. The predicted molar refractivity (Wildman–Crippen MR) is 126 cm³/mol. The Kier molecular flexibility index (Phi) is 4.49. The molecule has 0 spiro atoms. The van der Waals surface area contributed by atoms with Crippen molar-refractivity contribution in [3.8, 4) is 11.3 Å². The number of nitrogens with zero attached hydrogens (tertiary/aromatic N) is 2. The Morgan fingerprint density at radius 1 is 1.00 bits per heavy atom. The predicted octanol–water partition coefficient (Wildman–Crippen LogP) is 6.81. The van der Waals surface area contributed by atoms with Gasteiger partial charge >= 0.3 is 0 Å². The maximum Gasteiger partial charge on any atom is 0.229 e. The molecule has 0 bridgehead atoms. The second kappa shape index (κ2) is 7.40. The van der Waals surface area contributed by atoms with E-state index in [9.17, 15) is 4.39 Å². The van der Waals surface area contributed by atoms with Crippen LogP contribution in [0.5, 0.6) is 0 Å². The van der Waals surface area contributed by atoms with Crippen molar-refractivity contribution in [3.05, 3.63) is 71.7 Å². The number of halogens is 1. The van der Waals surface area contributed by atoms with Gasteiger partial charge in [-0.3, -0.25) is 0 Å². The average molecular weight is 426 g/mol. The molecule has 32 heavy (non-hydrogen) atoms. The van der Waals surface area contributed by atoms with Gasteiger partial charge in [-0.2, -0.15) is 13.9 Å². The monoisotopic (exact) mass is 425 g/mol. The number of benzene rings is 2. The van der Waals surface area contributed by atoms with E-state index >= 15 is 0 Å². The van der Waals surface area contributed by atoms with Crippen LogP contribution in [-0.2, 0) is 13.5 Å². The Bertz CT molecular complexity index is 1490. The topological polar surface area (TPSA) is 29.9 Å². The van der Waals surface area contributed by atoms with Crippen molar-refractivity contribution in [1.29, 1.82) is 0 Å². The third kappa shape index (κ3) is 3.01. The van der Waals surface area contributed by atoms with Gasteiger partial charge in [-0.05, 0) is 48.6 Å². The number of hydrogen-bond donors (Lipinski definition) is 0.